The number of thioether (sulfide) groups is 1. The molecule has 0 aromatic heterocycles. The molecule has 0 aliphatic rings. The molecule has 128 valence electrons. The number of ether oxygens (including phenoxy) is 1. The second-order valence-corrected chi connectivity index (χ2v) is 6.07. The van der Waals surface area contributed by atoms with Gasteiger partial charge >= 0.3 is 6.18 Å². The highest BCUT2D eigenvalue weighted by molar-refractivity contribution is 7.99. The van der Waals surface area contributed by atoms with Crippen molar-refractivity contribution >= 4 is 23.4 Å². The van der Waals surface area contributed by atoms with Crippen molar-refractivity contribution in [1.29, 1.82) is 0 Å². The van der Waals surface area contributed by atoms with Gasteiger partial charge in [0.05, 0.1) is 11.4 Å². The summed E-state index contributed by atoms with van der Waals surface area (Å²) in [5.41, 5.74) is 1.41. The molecule has 2 rings (SSSR count). The third-order valence-electron chi connectivity index (χ3n) is 2.94. The van der Waals surface area contributed by atoms with E-state index in [1.165, 1.54) is 6.07 Å². The molecule has 0 saturated heterocycles. The van der Waals surface area contributed by atoms with Gasteiger partial charge in [-0.1, -0.05) is 29.8 Å². The van der Waals surface area contributed by atoms with Crippen LogP contribution in [0.1, 0.15) is 5.56 Å². The van der Waals surface area contributed by atoms with Gasteiger partial charge in [-0.05, 0) is 31.2 Å². The van der Waals surface area contributed by atoms with E-state index in [0.29, 0.717) is 28.1 Å². The Balaban J connectivity index is 1.92. The first-order chi connectivity index (χ1) is 11.3. The molecule has 0 heterocycles. The van der Waals surface area contributed by atoms with Crippen LogP contribution in [0.3, 0.4) is 0 Å². The van der Waals surface area contributed by atoms with Gasteiger partial charge in [-0.25, -0.2) is 0 Å². The molecular formula is C17H16F3NO2S. The van der Waals surface area contributed by atoms with E-state index in [9.17, 15) is 18.0 Å². The summed E-state index contributed by atoms with van der Waals surface area (Å²) in [6.07, 6.45) is -4.27. The molecule has 1 N–H and O–H groups in total. The van der Waals surface area contributed by atoms with Crippen LogP contribution in [0.2, 0.25) is 0 Å². The fourth-order valence-corrected chi connectivity index (χ4v) is 2.59. The lowest BCUT2D eigenvalue weighted by atomic mass is 10.2. The molecule has 0 spiro atoms. The van der Waals surface area contributed by atoms with Crippen molar-refractivity contribution in [2.75, 3.05) is 17.7 Å². The number of anilines is 1. The van der Waals surface area contributed by atoms with Crippen molar-refractivity contribution in [3.05, 3.63) is 54.1 Å². The Hall–Kier alpha value is -2.15. The molecule has 0 saturated carbocycles. The lowest BCUT2D eigenvalue weighted by molar-refractivity contribution is -0.118. The summed E-state index contributed by atoms with van der Waals surface area (Å²) in [7, 11) is 0. The van der Waals surface area contributed by atoms with Crippen LogP contribution in [-0.2, 0) is 4.79 Å². The number of carbonyl (C=O) groups is 1. The van der Waals surface area contributed by atoms with Crippen LogP contribution in [0.5, 0.6) is 5.75 Å². The topological polar surface area (TPSA) is 38.3 Å². The Bertz CT molecular complexity index is 687. The molecular weight excluding hydrogens is 339 g/mol. The molecule has 7 heteroatoms. The van der Waals surface area contributed by atoms with Crippen LogP contribution in [0.25, 0.3) is 0 Å². The average Bonchev–Trinajstić information content (AvgIpc) is 2.53. The molecule has 2 aromatic carbocycles. The monoisotopic (exact) mass is 355 g/mol. The lowest BCUT2D eigenvalue weighted by Gasteiger charge is -2.12. The number of carbonyl (C=O) groups excluding carboxylic acids is 1. The number of alkyl halides is 3. The molecule has 0 radical (unpaired) electrons. The fourth-order valence-electron chi connectivity index (χ4n) is 1.83. The average molecular weight is 355 g/mol. The first kappa shape index (κ1) is 18.2. The van der Waals surface area contributed by atoms with Crippen molar-refractivity contribution in [3.63, 3.8) is 0 Å². The number of benzene rings is 2. The van der Waals surface area contributed by atoms with Gasteiger partial charge in [0.2, 0.25) is 0 Å². The third-order valence-corrected chi connectivity index (χ3v) is 4.08. The van der Waals surface area contributed by atoms with E-state index in [1.807, 2.05) is 19.1 Å². The zero-order valence-corrected chi connectivity index (χ0v) is 13.7. The summed E-state index contributed by atoms with van der Waals surface area (Å²) in [5.74, 6) is -0.897. The Labute approximate surface area is 142 Å². The second-order valence-electron chi connectivity index (χ2n) is 5.05. The number of amides is 1. The number of para-hydroxylation sites is 1. The summed E-state index contributed by atoms with van der Waals surface area (Å²) in [4.78, 5) is 12.3. The van der Waals surface area contributed by atoms with Crippen molar-refractivity contribution in [1.82, 2.24) is 0 Å². The van der Waals surface area contributed by atoms with Gasteiger partial charge in [-0.15, -0.1) is 11.8 Å². The van der Waals surface area contributed by atoms with Gasteiger partial charge in [-0.2, -0.15) is 13.2 Å². The SMILES string of the molecule is Cc1ccc(OCC(=O)Nc2ccccc2SCC(F)(F)F)cc1. The maximum Gasteiger partial charge on any atom is 0.398 e. The quantitative estimate of drug-likeness (QED) is 0.766. The molecule has 3 nitrogen and oxygen atoms in total. The first-order valence-corrected chi connectivity index (χ1v) is 8.10. The molecule has 2 aromatic rings. The van der Waals surface area contributed by atoms with Crippen molar-refractivity contribution < 1.29 is 22.7 Å². The molecule has 0 aliphatic carbocycles. The van der Waals surface area contributed by atoms with Crippen LogP contribution in [0.4, 0.5) is 18.9 Å². The first-order valence-electron chi connectivity index (χ1n) is 7.11. The van der Waals surface area contributed by atoms with Gasteiger partial charge in [0.15, 0.2) is 6.61 Å². The van der Waals surface area contributed by atoms with Crippen molar-refractivity contribution in [2.45, 2.75) is 18.0 Å². The summed E-state index contributed by atoms with van der Waals surface area (Å²) < 4.78 is 42.4. The van der Waals surface area contributed by atoms with E-state index in [0.717, 1.165) is 5.56 Å². The third kappa shape index (κ3) is 6.16. The molecule has 1 amide bonds. The number of rotatable bonds is 6. The smallest absolute Gasteiger partial charge is 0.398 e. The summed E-state index contributed by atoms with van der Waals surface area (Å²) >= 11 is 0.632. The van der Waals surface area contributed by atoms with Gasteiger partial charge in [0.1, 0.15) is 5.75 Å². The number of hydrogen-bond donors (Lipinski definition) is 1. The largest absolute Gasteiger partial charge is 0.484 e. The molecule has 0 fully saturated rings. The van der Waals surface area contributed by atoms with E-state index in [2.05, 4.69) is 5.32 Å². The van der Waals surface area contributed by atoms with Crippen LogP contribution < -0.4 is 10.1 Å². The lowest BCUT2D eigenvalue weighted by Crippen LogP contribution is -2.20. The predicted molar refractivity (Wildman–Crippen MR) is 88.5 cm³/mol. The zero-order chi connectivity index (χ0) is 17.6. The minimum Gasteiger partial charge on any atom is -0.484 e. The molecule has 0 atom stereocenters. The number of halogens is 3. The molecule has 0 unspecified atom stereocenters. The molecule has 0 bridgehead atoms. The van der Waals surface area contributed by atoms with Crippen LogP contribution in [0, 0.1) is 6.92 Å². The summed E-state index contributed by atoms with van der Waals surface area (Å²) in [6, 6.07) is 13.6. The van der Waals surface area contributed by atoms with Gasteiger partial charge in [0.25, 0.3) is 5.91 Å². The summed E-state index contributed by atoms with van der Waals surface area (Å²) in [6.45, 7) is 1.72. The van der Waals surface area contributed by atoms with E-state index in [-0.39, 0.29) is 6.61 Å². The normalized spacial score (nSPS) is 11.2. The zero-order valence-electron chi connectivity index (χ0n) is 12.9. The Morgan fingerprint density at radius 2 is 1.79 bits per heavy atom. The number of hydrogen-bond acceptors (Lipinski definition) is 3. The van der Waals surface area contributed by atoms with Gasteiger partial charge < -0.3 is 10.1 Å². The Morgan fingerprint density at radius 1 is 1.12 bits per heavy atom. The highest BCUT2D eigenvalue weighted by Gasteiger charge is 2.27. The Kier molecular flexibility index (Phi) is 6.14. The maximum atomic E-state index is 12.3. The number of nitrogens with one attached hydrogen (secondary N) is 1. The van der Waals surface area contributed by atoms with Gasteiger partial charge in [-0.3, -0.25) is 4.79 Å². The van der Waals surface area contributed by atoms with Gasteiger partial charge in [0, 0.05) is 4.90 Å². The summed E-state index contributed by atoms with van der Waals surface area (Å²) in [5, 5.41) is 2.58. The van der Waals surface area contributed by atoms with Crippen LogP contribution in [-0.4, -0.2) is 24.4 Å². The standard InChI is InChI=1S/C17H16F3NO2S/c1-12-6-8-13(9-7-12)23-10-16(22)21-14-4-2-3-5-15(14)24-11-17(18,19)20/h2-9H,10-11H2,1H3,(H,21,22). The fraction of sp³-hybridized carbons (Fsp3) is 0.235. The minimum atomic E-state index is -4.27. The van der Waals surface area contributed by atoms with E-state index >= 15 is 0 Å². The van der Waals surface area contributed by atoms with E-state index in [1.54, 1.807) is 30.3 Å². The predicted octanol–water partition coefficient (Wildman–Crippen LogP) is 4.67. The molecule has 0 aliphatic heterocycles. The molecule has 24 heavy (non-hydrogen) atoms. The van der Waals surface area contributed by atoms with E-state index < -0.39 is 17.8 Å². The van der Waals surface area contributed by atoms with Crippen molar-refractivity contribution in [2.24, 2.45) is 0 Å². The highest BCUT2D eigenvalue weighted by Crippen LogP contribution is 2.32. The second kappa shape index (κ2) is 8.10. The number of aryl methyl sites for hydroxylation is 1. The van der Waals surface area contributed by atoms with E-state index in [4.69, 9.17) is 4.74 Å². The van der Waals surface area contributed by atoms with Crippen LogP contribution in [0.15, 0.2) is 53.4 Å². The maximum absolute atomic E-state index is 12.3. The van der Waals surface area contributed by atoms with Crippen LogP contribution >= 0.6 is 11.8 Å². The van der Waals surface area contributed by atoms with Crippen molar-refractivity contribution in [3.8, 4) is 5.75 Å². The minimum absolute atomic E-state index is 0.221. The Morgan fingerprint density at radius 3 is 2.46 bits per heavy atom. The highest BCUT2D eigenvalue weighted by atomic mass is 32.2.